The quantitative estimate of drug-likeness (QED) is 0.757. The number of halogens is 2. The molecule has 96 valence electrons. The highest BCUT2D eigenvalue weighted by molar-refractivity contribution is 9.10. The Morgan fingerprint density at radius 3 is 2.94 bits per heavy atom. The fraction of sp³-hybridized carbons (Fsp3) is 0.250. The normalized spacial score (nSPS) is 12.4. The first-order valence-electron chi connectivity index (χ1n) is 5.62. The molecule has 0 bridgehead atoms. The zero-order valence-corrected chi connectivity index (χ0v) is 11.5. The maximum absolute atomic E-state index is 13.5. The minimum Gasteiger partial charge on any atom is -0.397 e. The first kappa shape index (κ1) is 12.9. The second kappa shape index (κ2) is 5.39. The highest BCUT2D eigenvalue weighted by atomic mass is 79.9. The Labute approximate surface area is 113 Å². The molecule has 4 nitrogen and oxygen atoms in total. The van der Waals surface area contributed by atoms with Gasteiger partial charge in [-0.3, -0.25) is 0 Å². The number of aromatic nitrogens is 2. The molecule has 0 fully saturated rings. The fourth-order valence-corrected chi connectivity index (χ4v) is 2.07. The van der Waals surface area contributed by atoms with Crippen LogP contribution >= 0.6 is 15.9 Å². The van der Waals surface area contributed by atoms with Gasteiger partial charge in [-0.25, -0.2) is 9.37 Å². The van der Waals surface area contributed by atoms with Crippen LogP contribution in [0.2, 0.25) is 0 Å². The average Bonchev–Trinajstić information content (AvgIpc) is 2.85. The summed E-state index contributed by atoms with van der Waals surface area (Å²) in [6, 6.07) is 2.90. The summed E-state index contributed by atoms with van der Waals surface area (Å²) in [5, 5.41) is 3.19. The predicted molar refractivity (Wildman–Crippen MR) is 73.8 cm³/mol. The van der Waals surface area contributed by atoms with E-state index in [0.717, 1.165) is 12.2 Å². The van der Waals surface area contributed by atoms with Gasteiger partial charge in [-0.15, -0.1) is 0 Å². The molecule has 0 aliphatic heterocycles. The number of aromatic amines is 1. The SMILES string of the molecule is CCC(Nc1cc(F)c(Br)cc1N)c1ncc[nH]1. The van der Waals surface area contributed by atoms with Gasteiger partial charge in [0.2, 0.25) is 0 Å². The summed E-state index contributed by atoms with van der Waals surface area (Å²) in [6.45, 7) is 2.02. The van der Waals surface area contributed by atoms with Crippen molar-refractivity contribution in [3.63, 3.8) is 0 Å². The van der Waals surface area contributed by atoms with Gasteiger partial charge < -0.3 is 16.0 Å². The molecule has 1 aromatic carbocycles. The van der Waals surface area contributed by atoms with Crippen LogP contribution < -0.4 is 11.1 Å². The topological polar surface area (TPSA) is 66.7 Å². The Bertz CT molecular complexity index is 527. The first-order valence-corrected chi connectivity index (χ1v) is 6.41. The second-order valence-electron chi connectivity index (χ2n) is 3.93. The van der Waals surface area contributed by atoms with E-state index in [1.807, 2.05) is 6.92 Å². The van der Waals surface area contributed by atoms with E-state index in [2.05, 4.69) is 31.2 Å². The van der Waals surface area contributed by atoms with Gasteiger partial charge in [0.15, 0.2) is 0 Å². The van der Waals surface area contributed by atoms with Crippen LogP contribution in [-0.2, 0) is 0 Å². The molecule has 1 aromatic heterocycles. The van der Waals surface area contributed by atoms with E-state index >= 15 is 0 Å². The van der Waals surface area contributed by atoms with Crippen LogP contribution in [0.1, 0.15) is 25.2 Å². The monoisotopic (exact) mass is 312 g/mol. The Kier molecular flexibility index (Phi) is 3.86. The standard InChI is InChI=1S/C12H14BrFN4/c1-2-10(12-16-3-4-17-12)18-11-6-8(14)7(13)5-9(11)15/h3-6,10,18H,2,15H2,1H3,(H,16,17). The van der Waals surface area contributed by atoms with Gasteiger partial charge in [0.05, 0.1) is 21.9 Å². The minimum absolute atomic E-state index is 0.0251. The first-order chi connectivity index (χ1) is 8.61. The fourth-order valence-electron chi connectivity index (χ4n) is 1.71. The third-order valence-electron chi connectivity index (χ3n) is 2.68. The maximum atomic E-state index is 13.5. The zero-order chi connectivity index (χ0) is 13.1. The van der Waals surface area contributed by atoms with E-state index in [4.69, 9.17) is 5.73 Å². The van der Waals surface area contributed by atoms with Crippen LogP contribution in [-0.4, -0.2) is 9.97 Å². The van der Waals surface area contributed by atoms with Crippen LogP contribution in [0.5, 0.6) is 0 Å². The van der Waals surface area contributed by atoms with E-state index in [0.29, 0.717) is 15.8 Å². The van der Waals surface area contributed by atoms with Gasteiger partial charge in [-0.1, -0.05) is 6.92 Å². The molecule has 0 spiro atoms. The summed E-state index contributed by atoms with van der Waals surface area (Å²) in [5.41, 5.74) is 6.92. The molecule has 0 saturated heterocycles. The predicted octanol–water partition coefficient (Wildman–Crippen LogP) is 3.46. The van der Waals surface area contributed by atoms with Crippen molar-refractivity contribution >= 4 is 27.3 Å². The lowest BCUT2D eigenvalue weighted by molar-refractivity contribution is 0.620. The van der Waals surface area contributed by atoms with Gasteiger partial charge in [-0.2, -0.15) is 0 Å². The molecule has 0 amide bonds. The molecular formula is C12H14BrFN4. The number of benzene rings is 1. The number of nitrogen functional groups attached to an aromatic ring is 1. The lowest BCUT2D eigenvalue weighted by Crippen LogP contribution is -2.12. The molecular weight excluding hydrogens is 299 g/mol. The van der Waals surface area contributed by atoms with Crippen molar-refractivity contribution in [3.8, 4) is 0 Å². The number of nitrogens with one attached hydrogen (secondary N) is 2. The van der Waals surface area contributed by atoms with Gasteiger partial charge in [0.25, 0.3) is 0 Å². The molecule has 4 N–H and O–H groups in total. The molecule has 2 aromatic rings. The van der Waals surface area contributed by atoms with Crippen molar-refractivity contribution in [2.24, 2.45) is 0 Å². The van der Waals surface area contributed by atoms with Crippen LogP contribution in [0.15, 0.2) is 29.0 Å². The molecule has 6 heteroatoms. The molecule has 2 rings (SSSR count). The molecule has 0 radical (unpaired) electrons. The summed E-state index contributed by atoms with van der Waals surface area (Å²) < 4.78 is 13.8. The number of hydrogen-bond donors (Lipinski definition) is 3. The number of imidazole rings is 1. The Morgan fingerprint density at radius 1 is 1.56 bits per heavy atom. The number of anilines is 2. The van der Waals surface area contributed by atoms with Crippen molar-refractivity contribution in [1.29, 1.82) is 0 Å². The number of nitrogens with two attached hydrogens (primary N) is 1. The van der Waals surface area contributed by atoms with Crippen molar-refractivity contribution in [2.75, 3.05) is 11.1 Å². The maximum Gasteiger partial charge on any atom is 0.139 e. The van der Waals surface area contributed by atoms with E-state index in [1.165, 1.54) is 6.07 Å². The molecule has 1 unspecified atom stereocenters. The van der Waals surface area contributed by atoms with Crippen LogP contribution in [0, 0.1) is 5.82 Å². The van der Waals surface area contributed by atoms with Gasteiger partial charge >= 0.3 is 0 Å². The highest BCUT2D eigenvalue weighted by Crippen LogP contribution is 2.29. The average molecular weight is 313 g/mol. The lowest BCUT2D eigenvalue weighted by Gasteiger charge is -2.18. The van der Waals surface area contributed by atoms with Crippen molar-refractivity contribution < 1.29 is 4.39 Å². The summed E-state index contributed by atoms with van der Waals surface area (Å²) in [5.74, 6) is 0.459. The van der Waals surface area contributed by atoms with Crippen molar-refractivity contribution in [3.05, 3.63) is 40.6 Å². The third-order valence-corrected chi connectivity index (χ3v) is 3.29. The van der Waals surface area contributed by atoms with Gasteiger partial charge in [-0.05, 0) is 28.4 Å². The van der Waals surface area contributed by atoms with Crippen molar-refractivity contribution in [1.82, 2.24) is 9.97 Å². The highest BCUT2D eigenvalue weighted by Gasteiger charge is 2.14. The largest absolute Gasteiger partial charge is 0.397 e. The van der Waals surface area contributed by atoms with E-state index in [1.54, 1.807) is 18.5 Å². The Balaban J connectivity index is 2.25. The van der Waals surface area contributed by atoms with Gasteiger partial charge in [0.1, 0.15) is 11.6 Å². The molecule has 0 saturated carbocycles. The molecule has 18 heavy (non-hydrogen) atoms. The van der Waals surface area contributed by atoms with Crippen molar-refractivity contribution in [2.45, 2.75) is 19.4 Å². The summed E-state index contributed by atoms with van der Waals surface area (Å²) >= 11 is 3.10. The number of hydrogen-bond acceptors (Lipinski definition) is 3. The lowest BCUT2D eigenvalue weighted by atomic mass is 10.2. The minimum atomic E-state index is -0.346. The van der Waals surface area contributed by atoms with E-state index in [9.17, 15) is 4.39 Å². The second-order valence-corrected chi connectivity index (χ2v) is 4.79. The molecule has 1 atom stereocenters. The van der Waals surface area contributed by atoms with Gasteiger partial charge in [0, 0.05) is 18.5 Å². The molecule has 1 heterocycles. The van der Waals surface area contributed by atoms with Crippen LogP contribution in [0.3, 0.4) is 0 Å². The Morgan fingerprint density at radius 2 is 2.33 bits per heavy atom. The summed E-state index contributed by atoms with van der Waals surface area (Å²) in [6.07, 6.45) is 4.25. The summed E-state index contributed by atoms with van der Waals surface area (Å²) in [4.78, 5) is 7.23. The zero-order valence-electron chi connectivity index (χ0n) is 9.87. The van der Waals surface area contributed by atoms with E-state index in [-0.39, 0.29) is 11.9 Å². The van der Waals surface area contributed by atoms with Crippen LogP contribution in [0.4, 0.5) is 15.8 Å². The van der Waals surface area contributed by atoms with E-state index < -0.39 is 0 Å². The number of H-pyrrole nitrogens is 1. The molecule has 0 aliphatic carbocycles. The number of nitrogens with zero attached hydrogens (tertiary/aromatic N) is 1. The Hall–Kier alpha value is -1.56. The molecule has 0 aliphatic rings. The smallest absolute Gasteiger partial charge is 0.139 e. The summed E-state index contributed by atoms with van der Waals surface area (Å²) in [7, 11) is 0. The number of rotatable bonds is 4. The third kappa shape index (κ3) is 2.64. The van der Waals surface area contributed by atoms with Crippen LogP contribution in [0.25, 0.3) is 0 Å².